The molecule has 1 amide bonds. The molecule has 1 aromatic carbocycles. The standard InChI is InChI=1S/C18H14N4O2S/c23-17(14-10-16(24-22-14)12-6-2-1-3-7-12)21-18-20-15(11-25-18)13-8-4-5-9-19-13/h1-9,11,16H,10H2,(H,20,21,23). The molecular weight excluding hydrogens is 336 g/mol. The van der Waals surface area contributed by atoms with Gasteiger partial charge in [0.15, 0.2) is 11.2 Å². The average molecular weight is 350 g/mol. The molecule has 0 fully saturated rings. The molecule has 1 aliphatic heterocycles. The fourth-order valence-electron chi connectivity index (χ4n) is 2.49. The van der Waals surface area contributed by atoms with E-state index in [-0.39, 0.29) is 12.0 Å². The fraction of sp³-hybridized carbons (Fsp3) is 0.111. The monoisotopic (exact) mass is 350 g/mol. The van der Waals surface area contributed by atoms with Crippen molar-refractivity contribution in [3.8, 4) is 11.4 Å². The van der Waals surface area contributed by atoms with E-state index in [9.17, 15) is 4.79 Å². The molecule has 6 nitrogen and oxygen atoms in total. The molecular formula is C18H14N4O2S. The highest BCUT2D eigenvalue weighted by atomic mass is 32.1. The first-order valence-corrected chi connectivity index (χ1v) is 8.63. The van der Waals surface area contributed by atoms with Gasteiger partial charge in [-0.05, 0) is 17.7 Å². The van der Waals surface area contributed by atoms with Gasteiger partial charge in [-0.1, -0.05) is 41.6 Å². The number of anilines is 1. The van der Waals surface area contributed by atoms with E-state index in [1.54, 1.807) is 6.20 Å². The Labute approximate surface area is 148 Å². The maximum atomic E-state index is 12.4. The molecule has 0 aliphatic carbocycles. The molecule has 1 N–H and O–H groups in total. The normalized spacial score (nSPS) is 16.2. The number of nitrogens with zero attached hydrogens (tertiary/aromatic N) is 3. The molecule has 4 rings (SSSR count). The van der Waals surface area contributed by atoms with Crippen molar-refractivity contribution in [2.24, 2.45) is 5.16 Å². The van der Waals surface area contributed by atoms with E-state index < -0.39 is 0 Å². The van der Waals surface area contributed by atoms with Crippen molar-refractivity contribution in [3.05, 3.63) is 65.7 Å². The molecule has 0 radical (unpaired) electrons. The zero-order valence-corrected chi connectivity index (χ0v) is 13.9. The van der Waals surface area contributed by atoms with Crippen LogP contribution in [0.3, 0.4) is 0 Å². The lowest BCUT2D eigenvalue weighted by Crippen LogP contribution is -2.21. The van der Waals surface area contributed by atoms with Crippen LogP contribution in [-0.4, -0.2) is 21.6 Å². The van der Waals surface area contributed by atoms with E-state index in [1.165, 1.54) is 11.3 Å². The molecule has 3 heterocycles. The zero-order chi connectivity index (χ0) is 17.1. The second-order valence-electron chi connectivity index (χ2n) is 5.45. The number of benzene rings is 1. The minimum absolute atomic E-state index is 0.220. The lowest BCUT2D eigenvalue weighted by atomic mass is 10.0. The average Bonchev–Trinajstić information content (AvgIpc) is 3.33. The Morgan fingerprint density at radius 1 is 1.12 bits per heavy atom. The van der Waals surface area contributed by atoms with Crippen LogP contribution in [0.25, 0.3) is 11.4 Å². The van der Waals surface area contributed by atoms with Gasteiger partial charge in [-0.3, -0.25) is 15.1 Å². The molecule has 0 spiro atoms. The van der Waals surface area contributed by atoms with E-state index >= 15 is 0 Å². The fourth-order valence-corrected chi connectivity index (χ4v) is 3.19. The minimum atomic E-state index is -0.291. The van der Waals surface area contributed by atoms with E-state index in [1.807, 2.05) is 53.9 Å². The van der Waals surface area contributed by atoms with Gasteiger partial charge in [0.05, 0.1) is 5.69 Å². The van der Waals surface area contributed by atoms with Crippen LogP contribution in [0.1, 0.15) is 18.1 Å². The molecule has 25 heavy (non-hydrogen) atoms. The summed E-state index contributed by atoms with van der Waals surface area (Å²) in [7, 11) is 0. The summed E-state index contributed by atoms with van der Waals surface area (Å²) in [6.45, 7) is 0. The highest BCUT2D eigenvalue weighted by molar-refractivity contribution is 7.14. The Balaban J connectivity index is 1.41. The number of hydrogen-bond acceptors (Lipinski definition) is 6. The van der Waals surface area contributed by atoms with Gasteiger partial charge in [0.25, 0.3) is 5.91 Å². The number of carbonyl (C=O) groups is 1. The summed E-state index contributed by atoms with van der Waals surface area (Å²) in [6.07, 6.45) is 1.93. The van der Waals surface area contributed by atoms with Crippen molar-refractivity contribution in [3.63, 3.8) is 0 Å². The Bertz CT molecular complexity index is 909. The van der Waals surface area contributed by atoms with Crippen molar-refractivity contribution in [1.82, 2.24) is 9.97 Å². The Hall–Kier alpha value is -3.06. The third-order valence-corrected chi connectivity index (χ3v) is 4.51. The maximum Gasteiger partial charge on any atom is 0.275 e. The summed E-state index contributed by atoms with van der Waals surface area (Å²) in [5, 5.41) is 9.07. The summed E-state index contributed by atoms with van der Waals surface area (Å²) in [6, 6.07) is 15.3. The van der Waals surface area contributed by atoms with Gasteiger partial charge in [0.1, 0.15) is 11.4 Å². The van der Waals surface area contributed by atoms with Gasteiger partial charge < -0.3 is 4.84 Å². The first kappa shape index (κ1) is 15.5. The molecule has 1 aliphatic rings. The van der Waals surface area contributed by atoms with Gasteiger partial charge in [-0.25, -0.2) is 4.98 Å². The minimum Gasteiger partial charge on any atom is -0.387 e. The van der Waals surface area contributed by atoms with Crippen LogP contribution >= 0.6 is 11.3 Å². The van der Waals surface area contributed by atoms with Crippen molar-refractivity contribution in [2.75, 3.05) is 5.32 Å². The molecule has 3 aromatic rings. The van der Waals surface area contributed by atoms with Crippen LogP contribution in [0, 0.1) is 0 Å². The summed E-state index contributed by atoms with van der Waals surface area (Å²) in [5.74, 6) is -0.291. The predicted octanol–water partition coefficient (Wildman–Crippen LogP) is 3.66. The number of carbonyl (C=O) groups excluding carboxylic acids is 1. The highest BCUT2D eigenvalue weighted by Crippen LogP contribution is 2.28. The van der Waals surface area contributed by atoms with Crippen LogP contribution in [0.15, 0.2) is 65.3 Å². The van der Waals surface area contributed by atoms with Gasteiger partial charge >= 0.3 is 0 Å². The lowest BCUT2D eigenvalue weighted by molar-refractivity contribution is -0.110. The molecule has 0 saturated heterocycles. The summed E-state index contributed by atoms with van der Waals surface area (Å²) < 4.78 is 0. The molecule has 1 atom stereocenters. The summed E-state index contributed by atoms with van der Waals surface area (Å²) in [4.78, 5) is 26.4. The van der Waals surface area contributed by atoms with Crippen molar-refractivity contribution >= 4 is 28.1 Å². The number of pyridine rings is 1. The van der Waals surface area contributed by atoms with Gasteiger partial charge in [0, 0.05) is 18.0 Å². The van der Waals surface area contributed by atoms with Crippen LogP contribution in [-0.2, 0) is 9.63 Å². The van der Waals surface area contributed by atoms with Gasteiger partial charge in [-0.2, -0.15) is 0 Å². The number of aromatic nitrogens is 2. The number of hydrogen-bond donors (Lipinski definition) is 1. The van der Waals surface area contributed by atoms with Crippen molar-refractivity contribution < 1.29 is 9.63 Å². The Kier molecular flexibility index (Phi) is 4.22. The van der Waals surface area contributed by atoms with Crippen molar-refractivity contribution in [2.45, 2.75) is 12.5 Å². The van der Waals surface area contributed by atoms with E-state index in [2.05, 4.69) is 20.4 Å². The number of amides is 1. The van der Waals surface area contributed by atoms with Crippen LogP contribution in [0.5, 0.6) is 0 Å². The van der Waals surface area contributed by atoms with E-state index in [4.69, 9.17) is 4.84 Å². The number of rotatable bonds is 4. The third-order valence-electron chi connectivity index (χ3n) is 3.75. The van der Waals surface area contributed by atoms with Crippen LogP contribution < -0.4 is 5.32 Å². The Morgan fingerprint density at radius 3 is 2.76 bits per heavy atom. The van der Waals surface area contributed by atoms with Gasteiger partial charge in [0.2, 0.25) is 0 Å². The molecule has 2 aromatic heterocycles. The largest absolute Gasteiger partial charge is 0.387 e. The smallest absolute Gasteiger partial charge is 0.275 e. The number of thiazole rings is 1. The van der Waals surface area contributed by atoms with E-state index in [0.29, 0.717) is 17.3 Å². The lowest BCUT2D eigenvalue weighted by Gasteiger charge is -2.07. The summed E-state index contributed by atoms with van der Waals surface area (Å²) in [5.41, 5.74) is 2.86. The zero-order valence-electron chi connectivity index (χ0n) is 13.1. The topological polar surface area (TPSA) is 76.5 Å². The molecule has 124 valence electrons. The summed E-state index contributed by atoms with van der Waals surface area (Å²) >= 11 is 1.35. The van der Waals surface area contributed by atoms with Crippen molar-refractivity contribution in [1.29, 1.82) is 0 Å². The van der Waals surface area contributed by atoms with E-state index in [0.717, 1.165) is 17.0 Å². The molecule has 0 saturated carbocycles. The van der Waals surface area contributed by atoms with Gasteiger partial charge in [-0.15, -0.1) is 11.3 Å². The quantitative estimate of drug-likeness (QED) is 0.779. The SMILES string of the molecule is O=C(Nc1nc(-c2ccccn2)cs1)C1=NOC(c2ccccc2)C1. The molecule has 1 unspecified atom stereocenters. The van der Waals surface area contributed by atoms with Crippen LogP contribution in [0.4, 0.5) is 5.13 Å². The maximum absolute atomic E-state index is 12.4. The number of nitrogens with one attached hydrogen (secondary N) is 1. The molecule has 7 heteroatoms. The predicted molar refractivity (Wildman–Crippen MR) is 96.3 cm³/mol. The second kappa shape index (κ2) is 6.82. The Morgan fingerprint density at radius 2 is 1.96 bits per heavy atom. The first-order valence-electron chi connectivity index (χ1n) is 7.75. The third kappa shape index (κ3) is 3.41. The number of oxime groups is 1. The van der Waals surface area contributed by atoms with Crippen LogP contribution in [0.2, 0.25) is 0 Å². The second-order valence-corrected chi connectivity index (χ2v) is 6.31. The molecule has 0 bridgehead atoms. The first-order chi connectivity index (χ1) is 12.3. The highest BCUT2D eigenvalue weighted by Gasteiger charge is 2.27.